The molecule has 0 spiro atoms. The summed E-state index contributed by atoms with van der Waals surface area (Å²) in [7, 11) is 0. The number of hydrogen-bond acceptors (Lipinski definition) is 5. The van der Waals surface area contributed by atoms with Gasteiger partial charge in [0.2, 0.25) is 0 Å². The molecule has 0 unspecified atom stereocenters. The average Bonchev–Trinajstić information content (AvgIpc) is 2.69. The van der Waals surface area contributed by atoms with Gasteiger partial charge in [0, 0.05) is 6.07 Å². The molecule has 4 amide bonds. The number of imide groups is 2. The van der Waals surface area contributed by atoms with Gasteiger partial charge in [0.05, 0.1) is 23.9 Å². The minimum absolute atomic E-state index is 0.116. The lowest BCUT2D eigenvalue weighted by Crippen LogP contribution is -2.54. The molecule has 1 aliphatic heterocycles. The van der Waals surface area contributed by atoms with Crippen molar-refractivity contribution in [1.29, 1.82) is 0 Å². The summed E-state index contributed by atoms with van der Waals surface area (Å²) in [5.41, 5.74) is 0.132. The highest BCUT2D eigenvalue weighted by molar-refractivity contribution is 6.40. The maximum atomic E-state index is 13.2. The molecule has 0 bridgehead atoms. The van der Waals surface area contributed by atoms with Crippen molar-refractivity contribution in [2.45, 2.75) is 13.8 Å². The molecule has 1 heterocycles. The van der Waals surface area contributed by atoms with E-state index >= 15 is 0 Å². The quantitative estimate of drug-likeness (QED) is 0.552. The third-order valence-electron chi connectivity index (χ3n) is 4.15. The van der Waals surface area contributed by atoms with Crippen LogP contribution in [0.15, 0.2) is 42.0 Å². The van der Waals surface area contributed by atoms with Gasteiger partial charge < -0.3 is 9.47 Å². The van der Waals surface area contributed by atoms with Gasteiger partial charge in [-0.1, -0.05) is 11.6 Å². The van der Waals surface area contributed by atoms with Crippen molar-refractivity contribution in [3.63, 3.8) is 0 Å². The number of barbiturate groups is 1. The molecule has 7 nitrogen and oxygen atoms in total. The van der Waals surface area contributed by atoms with Gasteiger partial charge in [-0.3, -0.25) is 14.9 Å². The number of benzene rings is 2. The number of halogens is 2. The van der Waals surface area contributed by atoms with Crippen molar-refractivity contribution in [2.24, 2.45) is 0 Å². The fourth-order valence-electron chi connectivity index (χ4n) is 2.84. The molecule has 0 aromatic heterocycles. The first-order valence-corrected chi connectivity index (χ1v) is 9.49. The van der Waals surface area contributed by atoms with E-state index in [-0.39, 0.29) is 16.3 Å². The monoisotopic (exact) mass is 432 g/mol. The second kappa shape index (κ2) is 8.96. The molecule has 9 heteroatoms. The van der Waals surface area contributed by atoms with E-state index in [9.17, 15) is 18.8 Å². The summed E-state index contributed by atoms with van der Waals surface area (Å²) >= 11 is 6.31. The van der Waals surface area contributed by atoms with Gasteiger partial charge in [-0.05, 0) is 55.8 Å². The lowest BCUT2D eigenvalue weighted by Gasteiger charge is -2.26. The molecule has 1 aliphatic rings. The summed E-state index contributed by atoms with van der Waals surface area (Å²) in [4.78, 5) is 38.2. The van der Waals surface area contributed by atoms with Gasteiger partial charge in [0.15, 0.2) is 11.5 Å². The first-order chi connectivity index (χ1) is 14.3. The third-order valence-corrected chi connectivity index (χ3v) is 4.48. The molecule has 0 aliphatic carbocycles. The number of hydrogen-bond donors (Lipinski definition) is 1. The third kappa shape index (κ3) is 4.28. The van der Waals surface area contributed by atoms with Gasteiger partial charge in [0.1, 0.15) is 11.4 Å². The zero-order valence-corrected chi connectivity index (χ0v) is 17.0. The van der Waals surface area contributed by atoms with Crippen LogP contribution in [0.5, 0.6) is 11.5 Å². The summed E-state index contributed by atoms with van der Waals surface area (Å²) in [6.07, 6.45) is 1.27. The van der Waals surface area contributed by atoms with E-state index in [0.717, 1.165) is 17.0 Å². The number of amides is 4. The minimum atomic E-state index is -0.929. The smallest absolute Gasteiger partial charge is 0.335 e. The summed E-state index contributed by atoms with van der Waals surface area (Å²) in [6, 6.07) is 6.87. The van der Waals surface area contributed by atoms with E-state index in [1.54, 1.807) is 13.0 Å². The summed E-state index contributed by atoms with van der Waals surface area (Å²) in [5, 5.41) is 2.32. The van der Waals surface area contributed by atoms with Crippen LogP contribution in [0.1, 0.15) is 19.4 Å². The topological polar surface area (TPSA) is 84.9 Å². The second-order valence-corrected chi connectivity index (χ2v) is 6.53. The van der Waals surface area contributed by atoms with Crippen LogP contribution < -0.4 is 19.7 Å². The number of urea groups is 1. The van der Waals surface area contributed by atoms with Crippen LogP contribution in [-0.4, -0.2) is 31.1 Å². The molecule has 1 N–H and O–H groups in total. The molecule has 2 aromatic carbocycles. The Morgan fingerprint density at radius 3 is 2.23 bits per heavy atom. The molecule has 156 valence electrons. The average molecular weight is 433 g/mol. The number of carbonyl (C=O) groups is 3. The van der Waals surface area contributed by atoms with Crippen molar-refractivity contribution < 1.29 is 28.2 Å². The van der Waals surface area contributed by atoms with E-state index in [1.807, 2.05) is 6.92 Å². The Bertz CT molecular complexity index is 1040. The molecule has 0 radical (unpaired) electrons. The Labute approximate surface area is 177 Å². The number of nitrogens with one attached hydrogen (secondary N) is 1. The number of anilines is 1. The summed E-state index contributed by atoms with van der Waals surface area (Å²) in [6.45, 7) is 4.37. The van der Waals surface area contributed by atoms with E-state index < -0.39 is 23.7 Å². The Kier molecular flexibility index (Phi) is 6.37. The lowest BCUT2D eigenvalue weighted by atomic mass is 10.1. The molecule has 1 fully saturated rings. The highest BCUT2D eigenvalue weighted by atomic mass is 35.5. The maximum absolute atomic E-state index is 13.2. The van der Waals surface area contributed by atoms with Crippen LogP contribution in [-0.2, 0) is 9.59 Å². The fourth-order valence-corrected chi connectivity index (χ4v) is 3.04. The molecule has 30 heavy (non-hydrogen) atoms. The predicted octanol–water partition coefficient (Wildman–Crippen LogP) is 3.94. The zero-order chi connectivity index (χ0) is 21.8. The summed E-state index contributed by atoms with van der Waals surface area (Å²) < 4.78 is 24.2. The van der Waals surface area contributed by atoms with Gasteiger partial charge in [-0.2, -0.15) is 0 Å². The lowest BCUT2D eigenvalue weighted by molar-refractivity contribution is -0.122. The highest BCUT2D eigenvalue weighted by Gasteiger charge is 2.37. The van der Waals surface area contributed by atoms with Crippen LogP contribution in [0.2, 0.25) is 5.02 Å². The Morgan fingerprint density at radius 2 is 1.63 bits per heavy atom. The van der Waals surface area contributed by atoms with Crippen molar-refractivity contribution >= 4 is 41.2 Å². The van der Waals surface area contributed by atoms with Gasteiger partial charge in [0.25, 0.3) is 11.8 Å². The van der Waals surface area contributed by atoms with E-state index in [0.29, 0.717) is 30.3 Å². The minimum Gasteiger partial charge on any atom is -0.490 e. The van der Waals surface area contributed by atoms with Crippen LogP contribution in [0.25, 0.3) is 6.08 Å². The van der Waals surface area contributed by atoms with Gasteiger partial charge in [-0.25, -0.2) is 14.1 Å². The molecule has 1 saturated heterocycles. The Balaban J connectivity index is 2.03. The van der Waals surface area contributed by atoms with Crippen LogP contribution in [0.4, 0.5) is 14.9 Å². The number of ether oxygens (including phenoxy) is 2. The maximum Gasteiger partial charge on any atom is 0.335 e. The van der Waals surface area contributed by atoms with Crippen LogP contribution in [0, 0.1) is 5.82 Å². The van der Waals surface area contributed by atoms with E-state index in [1.165, 1.54) is 24.3 Å². The van der Waals surface area contributed by atoms with Crippen molar-refractivity contribution in [1.82, 2.24) is 5.32 Å². The van der Waals surface area contributed by atoms with Gasteiger partial charge >= 0.3 is 6.03 Å². The Hall–Kier alpha value is -3.39. The van der Waals surface area contributed by atoms with Crippen molar-refractivity contribution in [2.75, 3.05) is 18.1 Å². The Morgan fingerprint density at radius 1 is 1.03 bits per heavy atom. The number of carbonyl (C=O) groups excluding carboxylic acids is 3. The van der Waals surface area contributed by atoms with E-state index in [2.05, 4.69) is 5.32 Å². The SMILES string of the molecule is CCOc1cc(Cl)c(/C=C2\C(=O)NC(=O)N(c3ccc(F)cc3)C2=O)cc1OCC. The van der Waals surface area contributed by atoms with Crippen molar-refractivity contribution in [3.8, 4) is 11.5 Å². The summed E-state index contributed by atoms with van der Waals surface area (Å²) in [5.74, 6) is -1.44. The number of rotatable bonds is 6. The van der Waals surface area contributed by atoms with Crippen LogP contribution >= 0.6 is 11.6 Å². The highest BCUT2D eigenvalue weighted by Crippen LogP contribution is 2.35. The molecule has 0 atom stereocenters. The first-order valence-electron chi connectivity index (χ1n) is 9.11. The zero-order valence-electron chi connectivity index (χ0n) is 16.2. The largest absolute Gasteiger partial charge is 0.490 e. The molecular formula is C21H18ClFN2O5. The molecule has 0 saturated carbocycles. The molecular weight excluding hydrogens is 415 g/mol. The van der Waals surface area contributed by atoms with Crippen LogP contribution in [0.3, 0.4) is 0 Å². The second-order valence-electron chi connectivity index (χ2n) is 6.12. The normalized spacial score (nSPS) is 15.4. The molecule has 3 rings (SSSR count). The van der Waals surface area contributed by atoms with Crippen molar-refractivity contribution in [3.05, 3.63) is 58.4 Å². The molecule has 2 aromatic rings. The first kappa shape index (κ1) is 21.3. The van der Waals surface area contributed by atoms with E-state index in [4.69, 9.17) is 21.1 Å². The number of nitrogens with zero attached hydrogens (tertiary/aromatic N) is 1. The van der Waals surface area contributed by atoms with Gasteiger partial charge in [-0.15, -0.1) is 0 Å². The predicted molar refractivity (Wildman–Crippen MR) is 109 cm³/mol. The standard InChI is InChI=1S/C21H18ClFN2O5/c1-3-29-17-10-12(16(22)11-18(17)30-4-2)9-15-19(26)24-21(28)25(20(15)27)14-7-5-13(23)6-8-14/h5-11H,3-4H2,1-2H3,(H,24,26,28)/b15-9+. The fraction of sp³-hybridized carbons (Fsp3) is 0.190.